The van der Waals surface area contributed by atoms with E-state index in [0.717, 1.165) is 5.56 Å². The van der Waals surface area contributed by atoms with E-state index in [1.54, 1.807) is 12.1 Å². The predicted molar refractivity (Wildman–Crippen MR) is 58.6 cm³/mol. The number of alkyl halides is 2. The first kappa shape index (κ1) is 11.5. The van der Waals surface area contributed by atoms with Gasteiger partial charge in [0.2, 0.25) is 0 Å². The molecule has 0 heterocycles. The van der Waals surface area contributed by atoms with Gasteiger partial charge in [-0.25, -0.2) is 8.78 Å². The third-order valence-electron chi connectivity index (χ3n) is 3.61. The topological polar surface area (TPSA) is 20.2 Å². The summed E-state index contributed by atoms with van der Waals surface area (Å²) in [7, 11) is 0. The molecule has 0 amide bonds. The summed E-state index contributed by atoms with van der Waals surface area (Å²) in [6.45, 7) is 4.05. The van der Waals surface area contributed by atoms with Gasteiger partial charge in [-0.1, -0.05) is 38.1 Å². The van der Waals surface area contributed by atoms with Crippen molar-refractivity contribution in [1.29, 1.82) is 0 Å². The van der Waals surface area contributed by atoms with Crippen LogP contribution in [-0.2, 0) is 11.0 Å². The summed E-state index contributed by atoms with van der Waals surface area (Å²) in [5.41, 5.74) is -0.880. The van der Waals surface area contributed by atoms with Gasteiger partial charge in [0.15, 0.2) is 5.60 Å². The van der Waals surface area contributed by atoms with Crippen molar-refractivity contribution in [3.05, 3.63) is 35.4 Å². The maximum absolute atomic E-state index is 13.0. The maximum Gasteiger partial charge on any atom is 0.270 e. The third-order valence-corrected chi connectivity index (χ3v) is 3.61. The van der Waals surface area contributed by atoms with E-state index >= 15 is 0 Å². The summed E-state index contributed by atoms with van der Waals surface area (Å²) in [5.74, 6) is 0. The molecule has 1 aliphatic carbocycles. The van der Waals surface area contributed by atoms with Crippen molar-refractivity contribution in [2.75, 3.05) is 0 Å². The monoisotopic (exact) mass is 226 g/mol. The van der Waals surface area contributed by atoms with Crippen LogP contribution in [0.15, 0.2) is 24.3 Å². The van der Waals surface area contributed by atoms with Crippen molar-refractivity contribution in [1.82, 2.24) is 0 Å². The lowest BCUT2D eigenvalue weighted by Crippen LogP contribution is -2.42. The van der Waals surface area contributed by atoms with Crippen LogP contribution >= 0.6 is 0 Å². The first-order chi connectivity index (χ1) is 7.38. The van der Waals surface area contributed by atoms with Crippen molar-refractivity contribution in [2.24, 2.45) is 0 Å². The Labute approximate surface area is 94.1 Å². The molecule has 1 aromatic carbocycles. The molecular formula is C13H16F2O. The summed E-state index contributed by atoms with van der Waals surface area (Å²) in [6, 6.07) is 6.98. The second-order valence-corrected chi connectivity index (χ2v) is 5.15. The van der Waals surface area contributed by atoms with E-state index in [9.17, 15) is 13.9 Å². The number of hydrogen-bond acceptors (Lipinski definition) is 1. The van der Waals surface area contributed by atoms with Crippen LogP contribution < -0.4 is 0 Å². The van der Waals surface area contributed by atoms with Crippen molar-refractivity contribution < 1.29 is 13.9 Å². The molecule has 0 bridgehead atoms. The first-order valence-corrected chi connectivity index (χ1v) is 5.48. The zero-order chi connectivity index (χ0) is 12.0. The highest BCUT2D eigenvalue weighted by Crippen LogP contribution is 2.47. The van der Waals surface area contributed by atoms with Crippen LogP contribution in [0, 0.1) is 0 Å². The Morgan fingerprint density at radius 2 is 1.69 bits per heavy atom. The van der Waals surface area contributed by atoms with Gasteiger partial charge in [0.1, 0.15) is 0 Å². The summed E-state index contributed by atoms with van der Waals surface area (Å²) in [5, 5.41) is 10.1. The van der Waals surface area contributed by atoms with Crippen LogP contribution in [0.4, 0.5) is 8.78 Å². The molecule has 1 nitrogen and oxygen atoms in total. The highest BCUT2D eigenvalue weighted by atomic mass is 19.3. The number of aliphatic hydroxyl groups is 1. The fourth-order valence-electron chi connectivity index (χ4n) is 2.45. The molecule has 16 heavy (non-hydrogen) atoms. The summed E-state index contributed by atoms with van der Waals surface area (Å²) >= 11 is 0. The zero-order valence-corrected chi connectivity index (χ0v) is 9.50. The molecule has 1 atom stereocenters. The van der Waals surface area contributed by atoms with Crippen molar-refractivity contribution in [3.63, 3.8) is 0 Å². The van der Waals surface area contributed by atoms with Crippen LogP contribution in [-0.4, -0.2) is 11.5 Å². The van der Waals surface area contributed by atoms with Crippen molar-refractivity contribution in [3.8, 4) is 0 Å². The Hall–Kier alpha value is -0.960. The van der Waals surface area contributed by atoms with Crippen LogP contribution in [0.2, 0.25) is 0 Å². The standard InChI is InChI=1S/C13H16F2O/c1-12(2)7-8-13(16,11(14)15)10-6-4-3-5-9(10)12/h3-6,11,16H,7-8H2,1-2H3. The number of fused-ring (bicyclic) bond motifs is 1. The van der Waals surface area contributed by atoms with Crippen LogP contribution in [0.1, 0.15) is 37.8 Å². The summed E-state index contributed by atoms with van der Waals surface area (Å²) < 4.78 is 26.0. The van der Waals surface area contributed by atoms with Gasteiger partial charge in [-0.3, -0.25) is 0 Å². The Bertz CT molecular complexity index is 401. The predicted octanol–water partition coefficient (Wildman–Crippen LogP) is 3.21. The van der Waals surface area contributed by atoms with Gasteiger partial charge in [0.25, 0.3) is 6.43 Å². The molecule has 1 aromatic rings. The Kier molecular flexibility index (Phi) is 2.54. The lowest BCUT2D eigenvalue weighted by atomic mass is 9.67. The lowest BCUT2D eigenvalue weighted by Gasteiger charge is -2.41. The third kappa shape index (κ3) is 1.54. The van der Waals surface area contributed by atoms with Crippen molar-refractivity contribution >= 4 is 0 Å². The van der Waals surface area contributed by atoms with E-state index in [1.165, 1.54) is 0 Å². The van der Waals surface area contributed by atoms with Crippen LogP contribution in [0.5, 0.6) is 0 Å². The molecule has 2 rings (SSSR count). The quantitative estimate of drug-likeness (QED) is 0.779. The van der Waals surface area contributed by atoms with Gasteiger partial charge >= 0.3 is 0 Å². The fourth-order valence-corrected chi connectivity index (χ4v) is 2.45. The molecule has 0 aliphatic heterocycles. The lowest BCUT2D eigenvalue weighted by molar-refractivity contribution is -0.116. The normalized spacial score (nSPS) is 27.9. The van der Waals surface area contributed by atoms with Crippen LogP contribution in [0.25, 0.3) is 0 Å². The SMILES string of the molecule is CC1(C)CCC(O)(C(F)F)c2ccccc21. The van der Waals surface area contributed by atoms with E-state index in [4.69, 9.17) is 0 Å². The van der Waals surface area contributed by atoms with Gasteiger partial charge in [-0.15, -0.1) is 0 Å². The minimum atomic E-state index is -2.73. The van der Waals surface area contributed by atoms with E-state index in [-0.39, 0.29) is 11.8 Å². The van der Waals surface area contributed by atoms with E-state index in [1.807, 2.05) is 26.0 Å². The number of benzene rings is 1. The minimum absolute atomic E-state index is 0.120. The highest BCUT2D eigenvalue weighted by Gasteiger charge is 2.47. The van der Waals surface area contributed by atoms with Gasteiger partial charge in [-0.05, 0) is 29.4 Å². The largest absolute Gasteiger partial charge is 0.379 e. The molecular weight excluding hydrogens is 210 g/mol. The Morgan fingerprint density at radius 1 is 1.12 bits per heavy atom. The van der Waals surface area contributed by atoms with Crippen molar-refractivity contribution in [2.45, 2.75) is 44.1 Å². The van der Waals surface area contributed by atoms with E-state index < -0.39 is 12.0 Å². The van der Waals surface area contributed by atoms with Gasteiger partial charge < -0.3 is 5.11 Å². The Morgan fingerprint density at radius 3 is 2.25 bits per heavy atom. The smallest absolute Gasteiger partial charge is 0.270 e. The van der Waals surface area contributed by atoms with Gasteiger partial charge in [0.05, 0.1) is 0 Å². The zero-order valence-electron chi connectivity index (χ0n) is 9.50. The Balaban J connectivity index is 2.60. The molecule has 0 fully saturated rings. The maximum atomic E-state index is 13.0. The molecule has 88 valence electrons. The average molecular weight is 226 g/mol. The summed E-state index contributed by atoms with van der Waals surface area (Å²) in [6.07, 6.45) is -2.04. The van der Waals surface area contributed by atoms with Gasteiger partial charge in [0, 0.05) is 0 Å². The molecule has 0 radical (unpaired) electrons. The second kappa shape index (κ2) is 3.52. The number of halogens is 2. The van der Waals surface area contributed by atoms with Crippen LogP contribution in [0.3, 0.4) is 0 Å². The molecule has 0 saturated heterocycles. The molecule has 1 unspecified atom stereocenters. The first-order valence-electron chi connectivity index (χ1n) is 5.48. The van der Waals surface area contributed by atoms with E-state index in [0.29, 0.717) is 12.0 Å². The molecule has 0 saturated carbocycles. The minimum Gasteiger partial charge on any atom is -0.379 e. The second-order valence-electron chi connectivity index (χ2n) is 5.15. The highest BCUT2D eigenvalue weighted by molar-refractivity contribution is 5.40. The fraction of sp³-hybridized carbons (Fsp3) is 0.538. The number of rotatable bonds is 1. The summed E-state index contributed by atoms with van der Waals surface area (Å²) in [4.78, 5) is 0. The van der Waals surface area contributed by atoms with Gasteiger partial charge in [-0.2, -0.15) is 0 Å². The average Bonchev–Trinajstić information content (AvgIpc) is 2.24. The molecule has 3 heteroatoms. The molecule has 0 aromatic heterocycles. The molecule has 0 spiro atoms. The number of hydrogen-bond donors (Lipinski definition) is 1. The van der Waals surface area contributed by atoms with E-state index in [2.05, 4.69) is 0 Å². The molecule has 1 N–H and O–H groups in total. The molecule has 1 aliphatic rings.